The first kappa shape index (κ1) is 15.8. The number of nitrogens with zero attached hydrogens (tertiary/aromatic N) is 2. The quantitative estimate of drug-likeness (QED) is 0.724. The number of aliphatic carboxylic acids is 1. The van der Waals surface area contributed by atoms with Crippen LogP contribution in [0, 0.1) is 0 Å². The molecular weight excluding hydrogens is 304 g/mol. The average Bonchev–Trinajstić information content (AvgIpc) is 3.14. The van der Waals surface area contributed by atoms with Crippen LogP contribution < -0.4 is 4.74 Å². The standard InChI is InChI=1S/C19H18N2O3/c22-19(23)18(21-11-10-20-14-21)12-15-6-8-17(9-7-15)24-13-16-4-2-1-3-5-16/h1-11,14,18H,12-13H2,(H,22,23)/t18-/m1/s1. The Morgan fingerprint density at radius 3 is 2.46 bits per heavy atom. The van der Waals surface area contributed by atoms with Crippen molar-refractivity contribution in [2.75, 3.05) is 0 Å². The molecule has 24 heavy (non-hydrogen) atoms. The number of imidazole rings is 1. The Balaban J connectivity index is 1.62. The summed E-state index contributed by atoms with van der Waals surface area (Å²) in [5.74, 6) is -0.116. The number of carbonyl (C=O) groups is 1. The molecule has 0 bridgehead atoms. The van der Waals surface area contributed by atoms with Gasteiger partial charge in [-0.3, -0.25) is 0 Å². The van der Waals surface area contributed by atoms with Gasteiger partial charge in [0, 0.05) is 18.8 Å². The van der Waals surface area contributed by atoms with Crippen molar-refractivity contribution in [2.24, 2.45) is 0 Å². The molecule has 0 aliphatic rings. The zero-order valence-electron chi connectivity index (χ0n) is 13.1. The highest BCUT2D eigenvalue weighted by molar-refractivity contribution is 5.72. The third kappa shape index (κ3) is 4.01. The van der Waals surface area contributed by atoms with Gasteiger partial charge < -0.3 is 14.4 Å². The van der Waals surface area contributed by atoms with Crippen LogP contribution in [0.2, 0.25) is 0 Å². The summed E-state index contributed by atoms with van der Waals surface area (Å²) < 4.78 is 7.34. The van der Waals surface area contributed by atoms with Gasteiger partial charge in [-0.15, -0.1) is 0 Å². The number of rotatable bonds is 7. The highest BCUT2D eigenvalue weighted by Gasteiger charge is 2.19. The lowest BCUT2D eigenvalue weighted by molar-refractivity contribution is -0.140. The predicted molar refractivity (Wildman–Crippen MR) is 89.8 cm³/mol. The minimum Gasteiger partial charge on any atom is -0.489 e. The van der Waals surface area contributed by atoms with E-state index in [1.165, 1.54) is 6.33 Å². The summed E-state index contributed by atoms with van der Waals surface area (Å²) in [5, 5.41) is 9.40. The third-order valence-corrected chi connectivity index (χ3v) is 3.77. The largest absolute Gasteiger partial charge is 0.489 e. The molecule has 5 nitrogen and oxygen atoms in total. The molecule has 3 aromatic rings. The van der Waals surface area contributed by atoms with E-state index in [2.05, 4.69) is 4.98 Å². The third-order valence-electron chi connectivity index (χ3n) is 3.77. The zero-order valence-corrected chi connectivity index (χ0v) is 13.1. The molecule has 0 aliphatic carbocycles. The van der Waals surface area contributed by atoms with Crippen LogP contribution in [-0.2, 0) is 17.8 Å². The lowest BCUT2D eigenvalue weighted by Gasteiger charge is -2.14. The van der Waals surface area contributed by atoms with Crippen LogP contribution in [-0.4, -0.2) is 20.6 Å². The maximum Gasteiger partial charge on any atom is 0.327 e. The van der Waals surface area contributed by atoms with E-state index < -0.39 is 12.0 Å². The van der Waals surface area contributed by atoms with Gasteiger partial charge in [-0.1, -0.05) is 42.5 Å². The normalized spacial score (nSPS) is 11.8. The molecule has 0 fully saturated rings. The molecule has 122 valence electrons. The highest BCUT2D eigenvalue weighted by atomic mass is 16.5. The van der Waals surface area contributed by atoms with Gasteiger partial charge in [0.05, 0.1) is 6.33 Å². The SMILES string of the molecule is O=C(O)[C@@H](Cc1ccc(OCc2ccccc2)cc1)n1ccnc1. The minimum absolute atomic E-state index is 0.394. The number of aromatic nitrogens is 2. The Labute approximate surface area is 140 Å². The molecule has 1 N–H and O–H groups in total. The maximum absolute atomic E-state index is 11.5. The van der Waals surface area contributed by atoms with E-state index in [4.69, 9.17) is 4.74 Å². The first-order valence-corrected chi connectivity index (χ1v) is 7.68. The Kier molecular flexibility index (Phi) is 4.91. The van der Waals surface area contributed by atoms with Crippen LogP contribution >= 0.6 is 0 Å². The summed E-state index contributed by atoms with van der Waals surface area (Å²) in [6.45, 7) is 0.507. The molecule has 0 saturated carbocycles. The molecular formula is C19H18N2O3. The lowest BCUT2D eigenvalue weighted by Crippen LogP contribution is -2.20. The molecule has 1 aromatic heterocycles. The summed E-state index contributed by atoms with van der Waals surface area (Å²) in [7, 11) is 0. The highest BCUT2D eigenvalue weighted by Crippen LogP contribution is 2.19. The molecule has 3 rings (SSSR count). The summed E-state index contributed by atoms with van der Waals surface area (Å²) in [6, 6.07) is 16.8. The topological polar surface area (TPSA) is 64.3 Å². The van der Waals surface area contributed by atoms with Crippen molar-refractivity contribution in [1.82, 2.24) is 9.55 Å². The molecule has 0 spiro atoms. The van der Waals surface area contributed by atoms with Crippen molar-refractivity contribution < 1.29 is 14.6 Å². The second kappa shape index (κ2) is 7.46. The lowest BCUT2D eigenvalue weighted by atomic mass is 10.1. The van der Waals surface area contributed by atoms with E-state index in [0.717, 1.165) is 16.9 Å². The molecule has 1 heterocycles. The summed E-state index contributed by atoms with van der Waals surface area (Å²) in [5.41, 5.74) is 2.04. The summed E-state index contributed by atoms with van der Waals surface area (Å²) >= 11 is 0. The van der Waals surface area contributed by atoms with Crippen LogP contribution in [0.3, 0.4) is 0 Å². The Hall–Kier alpha value is -3.08. The molecule has 0 radical (unpaired) electrons. The molecule has 0 aliphatic heterocycles. The smallest absolute Gasteiger partial charge is 0.327 e. The van der Waals surface area contributed by atoms with Crippen LogP contribution in [0.1, 0.15) is 17.2 Å². The first-order chi connectivity index (χ1) is 11.7. The van der Waals surface area contributed by atoms with E-state index in [1.807, 2.05) is 54.6 Å². The monoisotopic (exact) mass is 322 g/mol. The van der Waals surface area contributed by atoms with Gasteiger partial charge in [0.1, 0.15) is 18.4 Å². The van der Waals surface area contributed by atoms with Gasteiger partial charge in [0.2, 0.25) is 0 Å². The van der Waals surface area contributed by atoms with Crippen molar-refractivity contribution in [3.63, 3.8) is 0 Å². The van der Waals surface area contributed by atoms with Gasteiger partial charge in [0.15, 0.2) is 0 Å². The number of carboxylic acid groups (broad SMARTS) is 1. The molecule has 0 unspecified atom stereocenters. The second-order valence-electron chi connectivity index (χ2n) is 5.49. The van der Waals surface area contributed by atoms with E-state index in [9.17, 15) is 9.90 Å². The Morgan fingerprint density at radius 1 is 1.08 bits per heavy atom. The number of hydrogen-bond acceptors (Lipinski definition) is 3. The fourth-order valence-electron chi connectivity index (χ4n) is 2.46. The number of carboxylic acids is 1. The fourth-order valence-corrected chi connectivity index (χ4v) is 2.46. The predicted octanol–water partition coefficient (Wildman–Crippen LogP) is 3.33. The van der Waals surface area contributed by atoms with E-state index >= 15 is 0 Å². The van der Waals surface area contributed by atoms with Crippen LogP contribution in [0.25, 0.3) is 0 Å². The van der Waals surface area contributed by atoms with Crippen LogP contribution in [0.15, 0.2) is 73.3 Å². The Bertz CT molecular complexity index is 768. The van der Waals surface area contributed by atoms with Gasteiger partial charge >= 0.3 is 5.97 Å². The van der Waals surface area contributed by atoms with Crippen molar-refractivity contribution in [2.45, 2.75) is 19.1 Å². The van der Waals surface area contributed by atoms with Gasteiger partial charge in [-0.25, -0.2) is 9.78 Å². The van der Waals surface area contributed by atoms with E-state index in [-0.39, 0.29) is 0 Å². The van der Waals surface area contributed by atoms with Gasteiger partial charge in [0.25, 0.3) is 0 Å². The van der Waals surface area contributed by atoms with Crippen molar-refractivity contribution in [3.8, 4) is 5.75 Å². The minimum atomic E-state index is -0.877. The zero-order chi connectivity index (χ0) is 16.8. The van der Waals surface area contributed by atoms with Gasteiger partial charge in [-0.05, 0) is 23.3 Å². The molecule has 2 aromatic carbocycles. The van der Waals surface area contributed by atoms with E-state index in [1.54, 1.807) is 17.0 Å². The second-order valence-corrected chi connectivity index (χ2v) is 5.49. The number of hydrogen-bond donors (Lipinski definition) is 1. The number of benzene rings is 2. The van der Waals surface area contributed by atoms with Crippen molar-refractivity contribution in [3.05, 3.63) is 84.4 Å². The van der Waals surface area contributed by atoms with Crippen LogP contribution in [0.4, 0.5) is 0 Å². The molecule has 0 amide bonds. The molecule has 1 atom stereocenters. The first-order valence-electron chi connectivity index (χ1n) is 7.68. The molecule has 0 saturated heterocycles. The van der Waals surface area contributed by atoms with Gasteiger partial charge in [-0.2, -0.15) is 0 Å². The van der Waals surface area contributed by atoms with Crippen LogP contribution in [0.5, 0.6) is 5.75 Å². The Morgan fingerprint density at radius 2 is 1.83 bits per heavy atom. The van der Waals surface area contributed by atoms with Crippen molar-refractivity contribution >= 4 is 5.97 Å². The number of ether oxygens (including phenoxy) is 1. The average molecular weight is 322 g/mol. The van der Waals surface area contributed by atoms with Crippen molar-refractivity contribution in [1.29, 1.82) is 0 Å². The molecule has 5 heteroatoms. The summed E-state index contributed by atoms with van der Waals surface area (Å²) in [6.07, 6.45) is 5.16. The fraction of sp³-hybridized carbons (Fsp3) is 0.158. The summed E-state index contributed by atoms with van der Waals surface area (Å²) in [4.78, 5) is 15.4. The maximum atomic E-state index is 11.5. The van der Waals surface area contributed by atoms with E-state index in [0.29, 0.717) is 13.0 Å².